The van der Waals surface area contributed by atoms with Crippen LogP contribution in [0.5, 0.6) is 0 Å². The molecule has 8 nitrogen and oxygen atoms in total. The van der Waals surface area contributed by atoms with Gasteiger partial charge in [-0.1, -0.05) is 145 Å². The highest BCUT2D eigenvalue weighted by Crippen LogP contribution is 2.66. The highest BCUT2D eigenvalue weighted by Gasteiger charge is 2.54. The highest BCUT2D eigenvalue weighted by molar-refractivity contribution is 5.85. The van der Waals surface area contributed by atoms with Crippen molar-refractivity contribution in [2.24, 2.45) is 17.8 Å². The third-order valence-corrected chi connectivity index (χ3v) is 10.5. The van der Waals surface area contributed by atoms with Gasteiger partial charge in [-0.25, -0.2) is 9.97 Å². The molecule has 0 unspecified atom stereocenters. The van der Waals surface area contributed by atoms with Crippen molar-refractivity contribution in [3.05, 3.63) is 143 Å². The van der Waals surface area contributed by atoms with Gasteiger partial charge in [0.1, 0.15) is 11.6 Å². The molecule has 4 N–H and O–H groups in total. The summed E-state index contributed by atoms with van der Waals surface area (Å²) in [5.74, 6) is 4.74. The maximum atomic E-state index is 5.37. The fraction of sp³-hybridized carbons (Fsp3) is 0.362. The monoisotopic (exact) mass is 732 g/mol. The molecule has 1 saturated carbocycles. The van der Waals surface area contributed by atoms with Crippen molar-refractivity contribution in [1.82, 2.24) is 19.9 Å². The van der Waals surface area contributed by atoms with Crippen LogP contribution in [0.15, 0.2) is 115 Å². The molecule has 1 aliphatic carbocycles. The zero-order valence-electron chi connectivity index (χ0n) is 33.1. The van der Waals surface area contributed by atoms with E-state index in [2.05, 4.69) is 178 Å². The van der Waals surface area contributed by atoms with Crippen LogP contribution in [0.3, 0.4) is 0 Å². The Balaban J connectivity index is 1.34. The average Bonchev–Trinajstić information content (AvgIpc) is 3.18. The Labute approximate surface area is 327 Å². The summed E-state index contributed by atoms with van der Waals surface area (Å²) in [5.41, 5.74) is 5.82. The third kappa shape index (κ3) is 9.07. The first-order valence-electron chi connectivity index (χ1n) is 20.0. The van der Waals surface area contributed by atoms with Gasteiger partial charge in [0.2, 0.25) is 11.9 Å². The molecule has 8 heteroatoms. The number of hydrogen-bond donors (Lipinski definition) is 4. The predicted molar refractivity (Wildman–Crippen MR) is 229 cm³/mol. The summed E-state index contributed by atoms with van der Waals surface area (Å²) in [6, 6.07) is 41.2. The molecule has 2 aromatic heterocycles. The predicted octanol–water partition coefficient (Wildman–Crippen LogP) is 10.7. The largest absolute Gasteiger partial charge is 0.370 e. The minimum Gasteiger partial charge on any atom is -0.370 e. The van der Waals surface area contributed by atoms with E-state index in [1.807, 2.05) is 0 Å². The zero-order valence-corrected chi connectivity index (χ0v) is 33.1. The van der Waals surface area contributed by atoms with E-state index in [9.17, 15) is 0 Å². The van der Waals surface area contributed by atoms with E-state index in [4.69, 9.17) is 19.9 Å². The summed E-state index contributed by atoms with van der Waals surface area (Å²) in [4.78, 5) is 20.6. The lowest BCUT2D eigenvalue weighted by Gasteiger charge is -2.52. The van der Waals surface area contributed by atoms with Crippen molar-refractivity contribution in [2.45, 2.75) is 71.8 Å². The maximum absolute atomic E-state index is 5.37. The van der Waals surface area contributed by atoms with Gasteiger partial charge in [0, 0.05) is 62.0 Å². The number of benzene rings is 4. The first kappa shape index (κ1) is 37.8. The standard InChI is InChI=1S/C47H56N8/c1-30(2)26-48-40-24-38(52-46(54-40)50-28-32(5)6)44-42(34-17-9-7-10-18-34)45(43(44)35-19-11-8-12-20-35)39-25-41(49-27-31(3)4)55-47(53-39)51-29-36-22-15-21-33-16-13-14-23-37(33)36/h7-25,30-32,42-45H,26-29H2,1-6H3,(H2,48,50,52,54)(H2,49,51,53,55)/t42-,43-,44-,45-/m1/s1. The Kier molecular flexibility index (Phi) is 11.9. The quantitative estimate of drug-likeness (QED) is 0.0780. The fourth-order valence-corrected chi connectivity index (χ4v) is 7.81. The lowest BCUT2D eigenvalue weighted by atomic mass is 9.50. The minimum atomic E-state index is 0.0598. The smallest absolute Gasteiger partial charge is 0.225 e. The second kappa shape index (κ2) is 17.3. The topological polar surface area (TPSA) is 99.7 Å². The van der Waals surface area contributed by atoms with Crippen LogP contribution in [0.25, 0.3) is 10.8 Å². The van der Waals surface area contributed by atoms with Crippen LogP contribution >= 0.6 is 0 Å². The van der Waals surface area contributed by atoms with E-state index in [0.29, 0.717) is 36.2 Å². The van der Waals surface area contributed by atoms with Crippen molar-refractivity contribution >= 4 is 34.3 Å². The lowest BCUT2D eigenvalue weighted by Crippen LogP contribution is -2.41. The van der Waals surface area contributed by atoms with Gasteiger partial charge in [-0.05, 0) is 45.2 Å². The van der Waals surface area contributed by atoms with Crippen molar-refractivity contribution in [2.75, 3.05) is 40.9 Å². The molecule has 1 aliphatic rings. The van der Waals surface area contributed by atoms with Gasteiger partial charge in [0.15, 0.2) is 0 Å². The third-order valence-electron chi connectivity index (χ3n) is 10.5. The van der Waals surface area contributed by atoms with Crippen molar-refractivity contribution in [3.63, 3.8) is 0 Å². The SMILES string of the molecule is CC(C)CNc1cc([C@H]2[C@H](c3ccccc3)[C@H](c3cc(NCC(C)C)nc(NCC(C)C)n3)[C@H]2c2ccccc2)nc(NCc2cccc3ccccc23)n1. The molecule has 0 bridgehead atoms. The molecular weight excluding hydrogens is 677 g/mol. The maximum Gasteiger partial charge on any atom is 0.225 e. The summed E-state index contributed by atoms with van der Waals surface area (Å²) < 4.78 is 0. The van der Waals surface area contributed by atoms with Crippen LogP contribution in [0.2, 0.25) is 0 Å². The first-order valence-corrected chi connectivity index (χ1v) is 20.0. The van der Waals surface area contributed by atoms with Crippen molar-refractivity contribution in [3.8, 4) is 0 Å². The molecule has 0 amide bonds. The molecule has 0 aliphatic heterocycles. The van der Waals surface area contributed by atoms with Gasteiger partial charge in [-0.15, -0.1) is 0 Å². The molecule has 7 rings (SSSR count). The average molecular weight is 733 g/mol. The van der Waals surface area contributed by atoms with Crippen LogP contribution < -0.4 is 21.3 Å². The van der Waals surface area contributed by atoms with Gasteiger partial charge in [0.25, 0.3) is 0 Å². The molecule has 2 heterocycles. The Bertz CT molecular complexity index is 2070. The van der Waals surface area contributed by atoms with Gasteiger partial charge in [-0.3, -0.25) is 0 Å². The molecule has 284 valence electrons. The summed E-state index contributed by atoms with van der Waals surface area (Å²) in [7, 11) is 0. The molecule has 2 atom stereocenters. The Hall–Kier alpha value is -5.50. The van der Waals surface area contributed by atoms with E-state index in [-0.39, 0.29) is 23.7 Å². The summed E-state index contributed by atoms with van der Waals surface area (Å²) in [6.45, 7) is 16.4. The van der Waals surface area contributed by atoms with Crippen molar-refractivity contribution in [1.29, 1.82) is 0 Å². The number of anilines is 4. The molecule has 55 heavy (non-hydrogen) atoms. The van der Waals surface area contributed by atoms with E-state index < -0.39 is 0 Å². The van der Waals surface area contributed by atoms with Crippen LogP contribution in [0.4, 0.5) is 23.5 Å². The number of aromatic nitrogens is 4. The fourth-order valence-electron chi connectivity index (χ4n) is 7.81. The van der Waals surface area contributed by atoms with Crippen LogP contribution in [-0.4, -0.2) is 39.6 Å². The molecule has 4 aromatic carbocycles. The number of nitrogens with zero attached hydrogens (tertiary/aromatic N) is 4. The number of fused-ring (bicyclic) bond motifs is 1. The number of hydrogen-bond acceptors (Lipinski definition) is 8. The van der Waals surface area contributed by atoms with Gasteiger partial charge in [-0.2, -0.15) is 9.97 Å². The summed E-state index contributed by atoms with van der Waals surface area (Å²) in [5, 5.41) is 16.9. The highest BCUT2D eigenvalue weighted by atomic mass is 15.2. The van der Waals surface area contributed by atoms with E-state index in [0.717, 1.165) is 42.7 Å². The summed E-state index contributed by atoms with van der Waals surface area (Å²) >= 11 is 0. The van der Waals surface area contributed by atoms with Gasteiger partial charge < -0.3 is 21.3 Å². The number of nitrogens with one attached hydrogen (secondary N) is 4. The second-order valence-electron chi connectivity index (χ2n) is 16.2. The molecule has 0 saturated heterocycles. The van der Waals surface area contributed by atoms with Crippen molar-refractivity contribution < 1.29 is 0 Å². The van der Waals surface area contributed by atoms with E-state index in [1.165, 1.54) is 27.5 Å². The van der Waals surface area contributed by atoms with E-state index in [1.54, 1.807) is 0 Å². The Morgan fingerprint density at radius 3 is 1.44 bits per heavy atom. The molecule has 1 fully saturated rings. The Morgan fingerprint density at radius 1 is 0.455 bits per heavy atom. The molecule has 0 radical (unpaired) electrons. The number of rotatable bonds is 16. The van der Waals surface area contributed by atoms with Crippen LogP contribution in [0.1, 0.15) is 93.3 Å². The van der Waals surface area contributed by atoms with Gasteiger partial charge in [0.05, 0.1) is 11.4 Å². The summed E-state index contributed by atoms with van der Waals surface area (Å²) in [6.07, 6.45) is 0. The zero-order chi connectivity index (χ0) is 38.3. The Morgan fingerprint density at radius 2 is 0.909 bits per heavy atom. The second-order valence-corrected chi connectivity index (χ2v) is 16.2. The van der Waals surface area contributed by atoms with E-state index >= 15 is 0 Å². The molecule has 6 aromatic rings. The molecular formula is C47H56N8. The minimum absolute atomic E-state index is 0.0598. The van der Waals surface area contributed by atoms with Gasteiger partial charge >= 0.3 is 0 Å². The van der Waals surface area contributed by atoms with Crippen LogP contribution in [0, 0.1) is 17.8 Å². The lowest BCUT2D eigenvalue weighted by molar-refractivity contribution is 0.220. The van der Waals surface area contributed by atoms with Crippen LogP contribution in [-0.2, 0) is 6.54 Å². The normalized spacial score (nSPS) is 18.1. The molecule has 0 spiro atoms. The first-order chi connectivity index (χ1) is 26.7.